The molecule has 0 heterocycles. The molecule has 0 unspecified atom stereocenters. The molecule has 6 aromatic rings. The summed E-state index contributed by atoms with van der Waals surface area (Å²) >= 11 is 0. The highest BCUT2D eigenvalue weighted by Crippen LogP contribution is 2.28. The first-order valence-electron chi connectivity index (χ1n) is 15.1. The standard InChI is InChI=1S/C40H28N2O7/c43-37(33-21-11-27(23-35(33)39(45)46)25-7-3-1-4-8-25)41-29-13-17-31(18-14-29)49-32-19-15-30(16-20-32)42-38(44)34-22-12-28(24-36(34)40(47)48)26-9-5-2-6-10-26/h1-24H,(H,41,43)(H,42,44)(H,45,46)(H,47,48). The van der Waals surface area contributed by atoms with Crippen LogP contribution in [0, 0.1) is 0 Å². The van der Waals surface area contributed by atoms with Crippen LogP contribution in [0.2, 0.25) is 0 Å². The number of nitrogens with one attached hydrogen (secondary N) is 2. The molecule has 0 aromatic heterocycles. The fourth-order valence-corrected chi connectivity index (χ4v) is 5.20. The number of carboxylic acid groups (broad SMARTS) is 2. The van der Waals surface area contributed by atoms with Crippen LogP contribution in [0.4, 0.5) is 11.4 Å². The Labute approximate surface area is 281 Å². The summed E-state index contributed by atoms with van der Waals surface area (Å²) < 4.78 is 5.90. The Balaban J connectivity index is 1.08. The van der Waals surface area contributed by atoms with E-state index in [1.54, 1.807) is 60.7 Å². The van der Waals surface area contributed by atoms with Gasteiger partial charge in [-0.25, -0.2) is 9.59 Å². The molecule has 2 amide bonds. The SMILES string of the molecule is O=C(O)c1cc(-c2ccccc2)ccc1C(=O)Nc1ccc(Oc2ccc(NC(=O)c3ccc(-c4ccccc4)cc3C(=O)O)cc2)cc1. The van der Waals surface area contributed by atoms with Crippen molar-refractivity contribution in [3.63, 3.8) is 0 Å². The molecule has 4 N–H and O–H groups in total. The topological polar surface area (TPSA) is 142 Å². The van der Waals surface area contributed by atoms with E-state index in [-0.39, 0.29) is 22.3 Å². The number of anilines is 2. The summed E-state index contributed by atoms with van der Waals surface area (Å²) in [7, 11) is 0. The maximum Gasteiger partial charge on any atom is 0.336 e. The third-order valence-corrected chi connectivity index (χ3v) is 7.66. The van der Waals surface area contributed by atoms with Crippen LogP contribution in [0.5, 0.6) is 11.5 Å². The zero-order valence-corrected chi connectivity index (χ0v) is 25.8. The molecule has 0 aliphatic rings. The Morgan fingerprint density at radius 1 is 0.408 bits per heavy atom. The maximum atomic E-state index is 13.0. The van der Waals surface area contributed by atoms with Crippen LogP contribution in [0.3, 0.4) is 0 Å². The number of benzene rings is 6. The molecule has 0 radical (unpaired) electrons. The summed E-state index contributed by atoms with van der Waals surface area (Å²) in [6, 6.07) is 41.1. The number of ether oxygens (including phenoxy) is 1. The van der Waals surface area contributed by atoms with Crippen molar-refractivity contribution in [1.29, 1.82) is 0 Å². The van der Waals surface area contributed by atoms with Gasteiger partial charge < -0.3 is 25.6 Å². The molecule has 0 spiro atoms. The van der Waals surface area contributed by atoms with Gasteiger partial charge in [-0.2, -0.15) is 0 Å². The van der Waals surface area contributed by atoms with Gasteiger partial charge >= 0.3 is 11.9 Å². The fourth-order valence-electron chi connectivity index (χ4n) is 5.20. The molecule has 240 valence electrons. The first-order valence-corrected chi connectivity index (χ1v) is 15.1. The van der Waals surface area contributed by atoms with Crippen molar-refractivity contribution in [3.8, 4) is 33.8 Å². The average Bonchev–Trinajstić information content (AvgIpc) is 3.13. The fraction of sp³-hybridized carbons (Fsp3) is 0. The van der Waals surface area contributed by atoms with E-state index in [0.717, 1.165) is 11.1 Å². The molecular weight excluding hydrogens is 620 g/mol. The summed E-state index contributed by atoms with van der Waals surface area (Å²) in [4.78, 5) is 50.0. The van der Waals surface area contributed by atoms with Crippen LogP contribution in [-0.2, 0) is 0 Å². The smallest absolute Gasteiger partial charge is 0.336 e. The first-order chi connectivity index (χ1) is 23.7. The van der Waals surface area contributed by atoms with Gasteiger partial charge in [0.05, 0.1) is 22.3 Å². The van der Waals surface area contributed by atoms with Crippen LogP contribution >= 0.6 is 0 Å². The molecule has 0 saturated carbocycles. The second-order valence-electron chi connectivity index (χ2n) is 10.9. The summed E-state index contributed by atoms with van der Waals surface area (Å²) in [5.74, 6) is -2.60. The van der Waals surface area contributed by atoms with Gasteiger partial charge in [-0.1, -0.05) is 72.8 Å². The van der Waals surface area contributed by atoms with Gasteiger partial charge in [0.25, 0.3) is 11.8 Å². The van der Waals surface area contributed by atoms with Gasteiger partial charge in [0, 0.05) is 11.4 Å². The summed E-state index contributed by atoms with van der Waals surface area (Å²) in [5.41, 5.74) is 3.78. The number of hydrogen-bond acceptors (Lipinski definition) is 5. The second kappa shape index (κ2) is 14.2. The highest BCUT2D eigenvalue weighted by atomic mass is 16.5. The Bertz CT molecular complexity index is 2010. The van der Waals surface area contributed by atoms with Crippen LogP contribution in [0.1, 0.15) is 41.4 Å². The molecule has 0 bridgehead atoms. The van der Waals surface area contributed by atoms with E-state index in [9.17, 15) is 29.4 Å². The van der Waals surface area contributed by atoms with E-state index < -0.39 is 23.8 Å². The highest BCUT2D eigenvalue weighted by Gasteiger charge is 2.19. The zero-order valence-electron chi connectivity index (χ0n) is 25.8. The Kier molecular flexibility index (Phi) is 9.25. The van der Waals surface area contributed by atoms with Gasteiger partial charge in [0.2, 0.25) is 0 Å². The average molecular weight is 649 g/mol. The van der Waals surface area contributed by atoms with E-state index in [2.05, 4.69) is 10.6 Å². The monoisotopic (exact) mass is 648 g/mol. The second-order valence-corrected chi connectivity index (χ2v) is 10.9. The van der Waals surface area contributed by atoms with Crippen molar-refractivity contribution in [2.24, 2.45) is 0 Å². The largest absolute Gasteiger partial charge is 0.478 e. The van der Waals surface area contributed by atoms with E-state index in [1.165, 1.54) is 24.3 Å². The van der Waals surface area contributed by atoms with Crippen LogP contribution in [-0.4, -0.2) is 34.0 Å². The summed E-state index contributed by atoms with van der Waals surface area (Å²) in [5, 5.41) is 25.0. The van der Waals surface area contributed by atoms with E-state index >= 15 is 0 Å². The van der Waals surface area contributed by atoms with Gasteiger partial charge in [-0.05, 0) is 95.1 Å². The van der Waals surface area contributed by atoms with E-state index in [1.807, 2.05) is 60.7 Å². The molecule has 0 fully saturated rings. The van der Waals surface area contributed by atoms with Crippen LogP contribution < -0.4 is 15.4 Å². The van der Waals surface area contributed by atoms with Gasteiger partial charge in [0.15, 0.2) is 0 Å². The van der Waals surface area contributed by atoms with Crippen molar-refractivity contribution in [1.82, 2.24) is 0 Å². The third kappa shape index (κ3) is 7.53. The Hall–Kier alpha value is -7.00. The number of carbonyl (C=O) groups is 4. The molecule has 9 nitrogen and oxygen atoms in total. The number of amides is 2. The maximum absolute atomic E-state index is 13.0. The van der Waals surface area contributed by atoms with Crippen molar-refractivity contribution >= 4 is 35.1 Å². The minimum atomic E-state index is -1.21. The zero-order chi connectivity index (χ0) is 34.3. The van der Waals surface area contributed by atoms with Crippen LogP contribution in [0.25, 0.3) is 22.3 Å². The molecule has 0 aliphatic heterocycles. The van der Waals surface area contributed by atoms with E-state index in [4.69, 9.17) is 4.74 Å². The van der Waals surface area contributed by atoms with E-state index in [0.29, 0.717) is 34.0 Å². The highest BCUT2D eigenvalue weighted by molar-refractivity contribution is 6.12. The van der Waals surface area contributed by atoms with Gasteiger partial charge in [0.1, 0.15) is 11.5 Å². The summed E-state index contributed by atoms with van der Waals surface area (Å²) in [6.45, 7) is 0. The van der Waals surface area contributed by atoms with Crippen molar-refractivity contribution in [2.45, 2.75) is 0 Å². The number of aromatic carboxylic acids is 2. The summed E-state index contributed by atoms with van der Waals surface area (Å²) in [6.07, 6.45) is 0. The number of carbonyl (C=O) groups excluding carboxylic acids is 2. The Morgan fingerprint density at radius 3 is 1.12 bits per heavy atom. The predicted octanol–water partition coefficient (Wildman–Crippen LogP) is 8.71. The van der Waals surface area contributed by atoms with Crippen LogP contribution in [0.15, 0.2) is 146 Å². The van der Waals surface area contributed by atoms with Gasteiger partial charge in [-0.15, -0.1) is 0 Å². The lowest BCUT2D eigenvalue weighted by molar-refractivity contribution is 0.0683. The van der Waals surface area contributed by atoms with Crippen molar-refractivity contribution in [3.05, 3.63) is 168 Å². The predicted molar refractivity (Wildman–Crippen MR) is 187 cm³/mol. The molecule has 0 saturated heterocycles. The Morgan fingerprint density at radius 2 is 0.776 bits per heavy atom. The lowest BCUT2D eigenvalue weighted by Gasteiger charge is -2.12. The molecule has 6 rings (SSSR count). The van der Waals surface area contributed by atoms with Gasteiger partial charge in [-0.3, -0.25) is 9.59 Å². The normalized spacial score (nSPS) is 10.5. The molecule has 0 atom stereocenters. The molecule has 49 heavy (non-hydrogen) atoms. The lowest BCUT2D eigenvalue weighted by atomic mass is 9.98. The quantitative estimate of drug-likeness (QED) is 0.116. The molecule has 9 heteroatoms. The minimum absolute atomic E-state index is 0.0306. The molecule has 0 aliphatic carbocycles. The minimum Gasteiger partial charge on any atom is -0.478 e. The molecular formula is C40H28N2O7. The number of hydrogen-bond donors (Lipinski definition) is 4. The lowest BCUT2D eigenvalue weighted by Crippen LogP contribution is -2.16. The number of carboxylic acids is 2. The van der Waals surface area contributed by atoms with Crippen molar-refractivity contribution < 1.29 is 34.1 Å². The third-order valence-electron chi connectivity index (χ3n) is 7.66. The van der Waals surface area contributed by atoms with Crippen molar-refractivity contribution in [2.75, 3.05) is 10.6 Å². The molecule has 6 aromatic carbocycles. The first kappa shape index (κ1) is 32.0. The number of rotatable bonds is 10.